The molecule has 8 nitrogen and oxygen atoms in total. The second kappa shape index (κ2) is 9.11. The van der Waals surface area contributed by atoms with Crippen molar-refractivity contribution in [2.75, 3.05) is 19.3 Å². The minimum absolute atomic E-state index is 0.00993. The molecule has 37 heavy (non-hydrogen) atoms. The van der Waals surface area contributed by atoms with Crippen molar-refractivity contribution in [1.82, 2.24) is 14.6 Å². The topological polar surface area (TPSA) is 116 Å². The van der Waals surface area contributed by atoms with Crippen LogP contribution < -0.4 is 5.32 Å². The molecule has 1 aliphatic heterocycles. The Labute approximate surface area is 222 Å². The largest absolute Gasteiger partial charge is 0.349 e. The van der Waals surface area contributed by atoms with Gasteiger partial charge in [-0.15, -0.1) is 0 Å². The van der Waals surface area contributed by atoms with Gasteiger partial charge in [-0.25, -0.2) is 21.1 Å². The number of aromatic nitrogens is 1. The number of aromatic amines is 1. The number of amides is 1. The molecular weight excluding hydrogens is 534 g/mol. The Morgan fingerprint density at radius 2 is 1.65 bits per heavy atom. The van der Waals surface area contributed by atoms with Gasteiger partial charge in [0.2, 0.25) is 19.9 Å². The molecule has 2 fully saturated rings. The number of fused-ring (bicyclic) bond motifs is 1. The molecule has 2 aromatic carbocycles. The number of piperidine rings is 1. The van der Waals surface area contributed by atoms with Crippen molar-refractivity contribution in [2.45, 2.75) is 55.4 Å². The number of aryl methyl sites for hydroxylation is 2. The standard InChI is InChI=1S/C26H30ClN3O5S2/c1-16-10-17(2)12-20(11-16)37(34,35)24-21-13-18(27)4-5-22(21)29-23(24)25(31)28-19-14-26(15-19)6-8-30(9-7-26)36(3,32)33/h4-5,10-13,19,29H,6-9,14-15H2,1-3H3,(H,28,31). The highest BCUT2D eigenvalue weighted by molar-refractivity contribution is 7.91. The van der Waals surface area contributed by atoms with Crippen LogP contribution in [0.4, 0.5) is 0 Å². The zero-order valence-corrected chi connectivity index (χ0v) is 23.4. The molecule has 198 valence electrons. The monoisotopic (exact) mass is 563 g/mol. The zero-order valence-electron chi connectivity index (χ0n) is 21.0. The first-order valence-electron chi connectivity index (χ1n) is 12.2. The first-order chi connectivity index (χ1) is 17.3. The SMILES string of the molecule is Cc1cc(C)cc(S(=O)(=O)c2c(C(=O)NC3CC4(CCN(S(C)(=O)=O)CC4)C3)[nH]c3ccc(Cl)cc23)c1. The van der Waals surface area contributed by atoms with Gasteiger partial charge in [0, 0.05) is 35.1 Å². The molecule has 0 radical (unpaired) electrons. The van der Waals surface area contributed by atoms with Crippen molar-refractivity contribution in [1.29, 1.82) is 0 Å². The summed E-state index contributed by atoms with van der Waals surface area (Å²) in [5.41, 5.74) is 2.13. The number of rotatable bonds is 5. The van der Waals surface area contributed by atoms with Crippen molar-refractivity contribution >= 4 is 48.3 Å². The summed E-state index contributed by atoms with van der Waals surface area (Å²) in [6, 6.07) is 9.87. The van der Waals surface area contributed by atoms with Gasteiger partial charge in [0.25, 0.3) is 5.91 Å². The van der Waals surface area contributed by atoms with Crippen LogP contribution in [0.15, 0.2) is 46.2 Å². The van der Waals surface area contributed by atoms with E-state index in [0.717, 1.165) is 36.8 Å². The van der Waals surface area contributed by atoms with Crippen molar-refractivity contribution in [3.05, 3.63) is 58.2 Å². The fourth-order valence-corrected chi connectivity index (χ4v) is 8.64. The lowest BCUT2D eigenvalue weighted by atomic mass is 9.60. The van der Waals surface area contributed by atoms with E-state index in [1.807, 2.05) is 19.9 Å². The van der Waals surface area contributed by atoms with Gasteiger partial charge in [0.1, 0.15) is 10.6 Å². The Kier molecular flexibility index (Phi) is 6.46. The van der Waals surface area contributed by atoms with E-state index < -0.39 is 25.8 Å². The molecule has 1 spiro atoms. The maximum Gasteiger partial charge on any atom is 0.269 e. The number of nitrogens with zero attached hydrogens (tertiary/aromatic N) is 1. The molecule has 2 heterocycles. The molecular formula is C26H30ClN3O5S2. The van der Waals surface area contributed by atoms with Crippen LogP contribution in [0.5, 0.6) is 0 Å². The summed E-state index contributed by atoms with van der Waals surface area (Å²) in [5.74, 6) is -0.483. The van der Waals surface area contributed by atoms with Crippen LogP contribution in [0.25, 0.3) is 10.9 Å². The lowest BCUT2D eigenvalue weighted by molar-refractivity contribution is 0.0261. The number of sulfonamides is 1. The predicted molar refractivity (Wildman–Crippen MR) is 143 cm³/mol. The van der Waals surface area contributed by atoms with Gasteiger partial charge in [-0.1, -0.05) is 17.7 Å². The van der Waals surface area contributed by atoms with Crippen LogP contribution in [0.3, 0.4) is 0 Å². The van der Waals surface area contributed by atoms with Gasteiger partial charge in [-0.3, -0.25) is 4.79 Å². The molecule has 1 aliphatic carbocycles. The lowest BCUT2D eigenvalue weighted by Gasteiger charge is -2.51. The average Bonchev–Trinajstić information content (AvgIpc) is 3.16. The van der Waals surface area contributed by atoms with Crippen molar-refractivity contribution in [2.24, 2.45) is 5.41 Å². The zero-order chi connectivity index (χ0) is 26.8. The van der Waals surface area contributed by atoms with E-state index in [2.05, 4.69) is 10.3 Å². The second-order valence-corrected chi connectivity index (χ2v) is 14.9. The number of hydrogen-bond donors (Lipinski definition) is 2. The van der Waals surface area contributed by atoms with Crippen LogP contribution in [0, 0.1) is 19.3 Å². The van der Waals surface area contributed by atoms with Crippen LogP contribution in [-0.4, -0.2) is 57.4 Å². The Morgan fingerprint density at radius 1 is 1.03 bits per heavy atom. The Hall–Kier alpha value is -2.40. The normalized spacial score (nSPS) is 18.7. The summed E-state index contributed by atoms with van der Waals surface area (Å²) < 4.78 is 52.9. The van der Waals surface area contributed by atoms with Gasteiger partial charge in [-0.05, 0) is 86.4 Å². The van der Waals surface area contributed by atoms with Crippen molar-refractivity contribution < 1.29 is 21.6 Å². The molecule has 1 saturated carbocycles. The summed E-state index contributed by atoms with van der Waals surface area (Å²) in [6.45, 7) is 4.64. The third-order valence-electron chi connectivity index (χ3n) is 7.66. The smallest absolute Gasteiger partial charge is 0.269 e. The van der Waals surface area contributed by atoms with E-state index in [9.17, 15) is 21.6 Å². The molecule has 5 rings (SSSR count). The van der Waals surface area contributed by atoms with E-state index >= 15 is 0 Å². The highest BCUT2D eigenvalue weighted by Gasteiger charge is 2.47. The first kappa shape index (κ1) is 26.2. The molecule has 0 atom stereocenters. The molecule has 0 unspecified atom stereocenters. The minimum Gasteiger partial charge on any atom is -0.349 e. The molecule has 1 amide bonds. The Morgan fingerprint density at radius 3 is 2.24 bits per heavy atom. The quantitative estimate of drug-likeness (QED) is 0.482. The lowest BCUT2D eigenvalue weighted by Crippen LogP contribution is -2.55. The van der Waals surface area contributed by atoms with E-state index in [-0.39, 0.29) is 26.9 Å². The van der Waals surface area contributed by atoms with Crippen LogP contribution >= 0.6 is 11.6 Å². The number of H-pyrrole nitrogens is 1. The highest BCUT2D eigenvalue weighted by Crippen LogP contribution is 2.49. The summed E-state index contributed by atoms with van der Waals surface area (Å²) in [5, 5.41) is 3.75. The van der Waals surface area contributed by atoms with Gasteiger partial charge >= 0.3 is 0 Å². The summed E-state index contributed by atoms with van der Waals surface area (Å²) in [4.78, 5) is 16.5. The molecule has 1 aromatic heterocycles. The van der Waals surface area contributed by atoms with Gasteiger partial charge < -0.3 is 10.3 Å². The first-order valence-corrected chi connectivity index (χ1v) is 15.9. The number of carbonyl (C=O) groups is 1. The third kappa shape index (κ3) is 4.92. The molecule has 11 heteroatoms. The molecule has 0 bridgehead atoms. The predicted octanol–water partition coefficient (Wildman–Crippen LogP) is 4.20. The van der Waals surface area contributed by atoms with Gasteiger partial charge in [0.05, 0.1) is 11.2 Å². The highest BCUT2D eigenvalue weighted by atomic mass is 35.5. The number of carbonyl (C=O) groups excluding carboxylic acids is 1. The number of halogens is 1. The van der Waals surface area contributed by atoms with E-state index in [1.54, 1.807) is 30.3 Å². The number of benzene rings is 2. The van der Waals surface area contributed by atoms with E-state index in [1.165, 1.54) is 10.6 Å². The number of nitrogens with one attached hydrogen (secondary N) is 2. The van der Waals surface area contributed by atoms with E-state index in [0.29, 0.717) is 29.0 Å². The van der Waals surface area contributed by atoms with Crippen LogP contribution in [-0.2, 0) is 19.9 Å². The van der Waals surface area contributed by atoms with Crippen LogP contribution in [0.2, 0.25) is 5.02 Å². The maximum atomic E-state index is 13.9. The minimum atomic E-state index is -4.04. The maximum absolute atomic E-state index is 13.9. The fourth-order valence-electron chi connectivity index (χ4n) is 5.83. The van der Waals surface area contributed by atoms with Gasteiger partial charge in [-0.2, -0.15) is 0 Å². The summed E-state index contributed by atoms with van der Waals surface area (Å²) in [7, 11) is -7.24. The Balaban J connectivity index is 1.42. The fraction of sp³-hybridized carbons (Fsp3) is 0.423. The Bertz CT molecular complexity index is 1590. The second-order valence-electron chi connectivity index (χ2n) is 10.6. The van der Waals surface area contributed by atoms with Crippen molar-refractivity contribution in [3.8, 4) is 0 Å². The average molecular weight is 564 g/mol. The molecule has 2 N–H and O–H groups in total. The number of sulfone groups is 1. The summed E-state index contributed by atoms with van der Waals surface area (Å²) in [6.07, 6.45) is 4.21. The van der Waals surface area contributed by atoms with Crippen molar-refractivity contribution in [3.63, 3.8) is 0 Å². The molecule has 2 aliphatic rings. The molecule has 3 aromatic rings. The number of hydrogen-bond acceptors (Lipinski definition) is 5. The van der Waals surface area contributed by atoms with Crippen LogP contribution in [0.1, 0.15) is 47.3 Å². The summed E-state index contributed by atoms with van der Waals surface area (Å²) >= 11 is 6.21. The van der Waals surface area contributed by atoms with Gasteiger partial charge in [0.15, 0.2) is 0 Å². The molecule has 1 saturated heterocycles. The van der Waals surface area contributed by atoms with E-state index in [4.69, 9.17) is 11.6 Å². The third-order valence-corrected chi connectivity index (χ3v) is 11.0.